The van der Waals surface area contributed by atoms with Crippen molar-refractivity contribution in [2.45, 2.75) is 26.4 Å². The molecule has 0 fully saturated rings. The van der Waals surface area contributed by atoms with Gasteiger partial charge in [0.2, 0.25) is 0 Å². The summed E-state index contributed by atoms with van der Waals surface area (Å²) >= 11 is 5.80. The van der Waals surface area contributed by atoms with Crippen LogP contribution < -0.4 is 0 Å². The Labute approximate surface area is 109 Å². The van der Waals surface area contributed by atoms with Crippen LogP contribution in [0.25, 0.3) is 21.3 Å². The highest BCUT2D eigenvalue weighted by Crippen LogP contribution is 2.27. The van der Waals surface area contributed by atoms with E-state index in [4.69, 9.17) is 17.1 Å². The summed E-state index contributed by atoms with van der Waals surface area (Å²) in [5, 5.41) is 4.55. The first-order chi connectivity index (χ1) is 8.52. The Bertz CT molecular complexity index is 643. The number of hydrogen-bond donors (Lipinski definition) is 0. The topological polar surface area (TPSA) is 53.7 Å². The number of halogens is 2. The fourth-order valence-corrected chi connectivity index (χ4v) is 2.18. The van der Waals surface area contributed by atoms with Crippen molar-refractivity contribution in [2.75, 3.05) is 0 Å². The Balaban J connectivity index is 2.52. The summed E-state index contributed by atoms with van der Waals surface area (Å²) in [6, 6.07) is 2.86. The molecule has 1 aromatic carbocycles. The van der Waals surface area contributed by atoms with Crippen molar-refractivity contribution < 1.29 is 4.39 Å². The summed E-state index contributed by atoms with van der Waals surface area (Å²) in [7, 11) is 0. The predicted molar refractivity (Wildman–Crippen MR) is 70.3 cm³/mol. The highest BCUT2D eigenvalue weighted by atomic mass is 35.5. The van der Waals surface area contributed by atoms with E-state index < -0.39 is 5.82 Å². The maximum atomic E-state index is 13.4. The van der Waals surface area contributed by atoms with Gasteiger partial charge >= 0.3 is 0 Å². The van der Waals surface area contributed by atoms with Gasteiger partial charge in [-0.1, -0.05) is 23.6 Å². The van der Waals surface area contributed by atoms with Crippen LogP contribution in [0.4, 0.5) is 4.39 Å². The number of azide groups is 1. The Kier molecular flexibility index (Phi) is 3.45. The van der Waals surface area contributed by atoms with Gasteiger partial charge in [0.05, 0.1) is 11.1 Å². The lowest BCUT2D eigenvalue weighted by Crippen LogP contribution is -2.08. The molecular formula is C12H12ClFN4. The van der Waals surface area contributed by atoms with Gasteiger partial charge in [-0.05, 0) is 30.2 Å². The average molecular weight is 267 g/mol. The minimum absolute atomic E-state index is 0.0956. The zero-order chi connectivity index (χ0) is 13.3. The van der Waals surface area contributed by atoms with Crippen LogP contribution in [0.15, 0.2) is 23.4 Å². The second-order valence-corrected chi connectivity index (χ2v) is 4.71. The second-order valence-electron chi connectivity index (χ2n) is 4.30. The summed E-state index contributed by atoms with van der Waals surface area (Å²) in [5.74, 6) is -0.423. The summed E-state index contributed by atoms with van der Waals surface area (Å²) in [4.78, 5) is 2.78. The highest BCUT2D eigenvalue weighted by molar-refractivity contribution is 6.31. The molecule has 0 aliphatic rings. The van der Waals surface area contributed by atoms with Gasteiger partial charge in [0.1, 0.15) is 5.82 Å². The normalized spacial score (nSPS) is 12.4. The summed E-state index contributed by atoms with van der Waals surface area (Å²) in [5.41, 5.74) is 10.2. The zero-order valence-corrected chi connectivity index (χ0v) is 10.8. The van der Waals surface area contributed by atoms with Crippen LogP contribution in [0.5, 0.6) is 0 Å². The minimum atomic E-state index is -0.423. The fraction of sp³-hybridized carbons (Fsp3) is 0.333. The monoisotopic (exact) mass is 266 g/mol. The maximum absolute atomic E-state index is 13.4. The lowest BCUT2D eigenvalue weighted by Gasteiger charge is -2.08. The fourth-order valence-electron chi connectivity index (χ4n) is 2.02. The second kappa shape index (κ2) is 4.88. The van der Waals surface area contributed by atoms with E-state index in [0.717, 1.165) is 16.5 Å². The Hall–Kier alpha value is -1.71. The highest BCUT2D eigenvalue weighted by Gasteiger charge is 2.11. The molecule has 2 aromatic rings. The Morgan fingerprint density at radius 3 is 2.94 bits per heavy atom. The first-order valence-electron chi connectivity index (χ1n) is 5.51. The molecule has 0 aliphatic carbocycles. The summed E-state index contributed by atoms with van der Waals surface area (Å²) in [6.07, 6.45) is 1.91. The van der Waals surface area contributed by atoms with Crippen LogP contribution in [-0.2, 0) is 6.54 Å². The van der Waals surface area contributed by atoms with Crippen LogP contribution in [0.2, 0.25) is 5.02 Å². The third-order valence-electron chi connectivity index (χ3n) is 2.83. The smallest absolute Gasteiger partial charge is 0.142 e. The summed E-state index contributed by atoms with van der Waals surface area (Å²) in [6.45, 7) is 4.27. The molecule has 0 radical (unpaired) electrons. The van der Waals surface area contributed by atoms with Gasteiger partial charge in [-0.3, -0.25) is 0 Å². The molecule has 0 spiro atoms. The number of nitrogens with zero attached hydrogens (tertiary/aromatic N) is 4. The SMILES string of the molecule is Cc1cn(CC(C)N=[N+]=[N-])c2cc(Cl)c(F)cc12. The van der Waals surface area contributed by atoms with E-state index in [-0.39, 0.29) is 11.1 Å². The molecular weight excluding hydrogens is 255 g/mol. The van der Waals surface area contributed by atoms with Crippen molar-refractivity contribution in [3.8, 4) is 0 Å². The number of fused-ring (bicyclic) bond motifs is 1. The molecule has 1 aromatic heterocycles. The molecule has 2 rings (SSSR count). The van der Waals surface area contributed by atoms with Crippen LogP contribution in [0.1, 0.15) is 12.5 Å². The van der Waals surface area contributed by atoms with Gasteiger partial charge in [-0.15, -0.1) is 0 Å². The number of rotatable bonds is 3. The van der Waals surface area contributed by atoms with Crippen molar-refractivity contribution in [3.05, 3.63) is 45.2 Å². The number of aromatic nitrogens is 1. The maximum Gasteiger partial charge on any atom is 0.142 e. The Morgan fingerprint density at radius 2 is 2.28 bits per heavy atom. The number of aryl methyl sites for hydroxylation is 1. The van der Waals surface area contributed by atoms with E-state index in [0.29, 0.717) is 6.54 Å². The van der Waals surface area contributed by atoms with Crippen LogP contribution >= 0.6 is 11.6 Å². The largest absolute Gasteiger partial charge is 0.347 e. The van der Waals surface area contributed by atoms with Crippen LogP contribution in [0, 0.1) is 12.7 Å². The standard InChI is InChI=1S/C12H12ClFN4/c1-7-5-18(6-8(2)16-17-15)12-4-10(13)11(14)3-9(7)12/h3-5,8H,6H2,1-2H3. The molecule has 6 heteroatoms. The Morgan fingerprint density at radius 1 is 1.56 bits per heavy atom. The first-order valence-corrected chi connectivity index (χ1v) is 5.89. The predicted octanol–water partition coefficient (Wildman–Crippen LogP) is 4.44. The van der Waals surface area contributed by atoms with Crippen LogP contribution in [-0.4, -0.2) is 10.6 Å². The van der Waals surface area contributed by atoms with E-state index in [1.54, 1.807) is 6.07 Å². The van der Waals surface area contributed by atoms with Crippen molar-refractivity contribution in [1.82, 2.24) is 4.57 Å². The number of benzene rings is 1. The van der Waals surface area contributed by atoms with Gasteiger partial charge in [0, 0.05) is 28.6 Å². The first kappa shape index (κ1) is 12.7. The molecule has 0 amide bonds. The zero-order valence-electron chi connectivity index (χ0n) is 10.1. The lowest BCUT2D eigenvalue weighted by atomic mass is 10.2. The molecule has 1 atom stereocenters. The quantitative estimate of drug-likeness (QED) is 0.448. The molecule has 1 unspecified atom stereocenters. The molecule has 0 saturated carbocycles. The molecule has 0 N–H and O–H groups in total. The minimum Gasteiger partial charge on any atom is -0.347 e. The van der Waals surface area contributed by atoms with Crippen molar-refractivity contribution in [3.63, 3.8) is 0 Å². The van der Waals surface area contributed by atoms with Crippen molar-refractivity contribution >= 4 is 22.5 Å². The van der Waals surface area contributed by atoms with E-state index in [1.165, 1.54) is 6.07 Å². The van der Waals surface area contributed by atoms with Gasteiger partial charge in [-0.2, -0.15) is 0 Å². The van der Waals surface area contributed by atoms with E-state index in [9.17, 15) is 4.39 Å². The molecule has 18 heavy (non-hydrogen) atoms. The molecule has 4 nitrogen and oxygen atoms in total. The lowest BCUT2D eigenvalue weighted by molar-refractivity contribution is 0.601. The third-order valence-corrected chi connectivity index (χ3v) is 3.12. The molecule has 1 heterocycles. The van der Waals surface area contributed by atoms with E-state index in [2.05, 4.69) is 10.0 Å². The van der Waals surface area contributed by atoms with Gasteiger partial charge < -0.3 is 4.57 Å². The van der Waals surface area contributed by atoms with E-state index in [1.807, 2.05) is 24.6 Å². The summed E-state index contributed by atoms with van der Waals surface area (Å²) < 4.78 is 15.3. The van der Waals surface area contributed by atoms with Crippen LogP contribution in [0.3, 0.4) is 0 Å². The van der Waals surface area contributed by atoms with Crippen molar-refractivity contribution in [1.29, 1.82) is 0 Å². The molecule has 0 bridgehead atoms. The van der Waals surface area contributed by atoms with Crippen molar-refractivity contribution in [2.24, 2.45) is 5.11 Å². The average Bonchev–Trinajstić information content (AvgIpc) is 2.57. The van der Waals surface area contributed by atoms with Gasteiger partial charge in [-0.25, -0.2) is 4.39 Å². The van der Waals surface area contributed by atoms with Gasteiger partial charge in [0.15, 0.2) is 0 Å². The molecule has 0 aliphatic heterocycles. The number of hydrogen-bond acceptors (Lipinski definition) is 1. The van der Waals surface area contributed by atoms with E-state index >= 15 is 0 Å². The third kappa shape index (κ3) is 2.28. The van der Waals surface area contributed by atoms with Gasteiger partial charge in [0.25, 0.3) is 0 Å². The molecule has 0 saturated heterocycles. The molecule has 94 valence electrons.